The number of aromatic nitrogens is 23. The van der Waals surface area contributed by atoms with Crippen LogP contribution < -0.4 is 56.5 Å². The molecule has 0 amide bonds. The number of thiazole rings is 2. The molecule has 0 saturated carbocycles. The first kappa shape index (κ1) is 82.9. The van der Waals surface area contributed by atoms with Crippen LogP contribution in [-0.2, 0) is 0 Å². The lowest BCUT2D eigenvalue weighted by atomic mass is 10.1. The third-order valence-electron chi connectivity index (χ3n) is 18.3. The fraction of sp³-hybridized carbons (Fsp3) is 0.0617. The number of aromatic amines is 6. The number of nitrogens with one attached hydrogen (secondary N) is 6. The SMILES string of the molecule is Cc1cnc(-c2nc(N)c(=O)[nH]c2-c2cc(Cl)c3[nH]ncc3c2)s1.Cc1ncc(-c2nc(N)c(=O)[nH]c2-c2cc(Cl)c3ncccc3c2)o1.Cc1ncc(-c2nc(N)c(=O)[nH]c2-c2cc(Cl)c3ncccc3c2)s1.Cc1nnc(-c2nc(N)c(=O)[nH]c2-c2cc(Cl)c3ncccc3c2)o1.Cc1nnc(-c2nc(N)c(=O)[nH]c2-c2cc(Cl)c3ncccc3c2)s1. The van der Waals surface area contributed by atoms with Gasteiger partial charge in [0.15, 0.2) is 51.4 Å². The van der Waals surface area contributed by atoms with E-state index in [1.165, 1.54) is 40.2 Å². The van der Waals surface area contributed by atoms with Crippen molar-refractivity contribution in [1.29, 1.82) is 0 Å². The lowest BCUT2D eigenvalue weighted by Crippen LogP contribution is -2.16. The first-order valence-electron chi connectivity index (χ1n) is 36.3. The maximum absolute atomic E-state index is 12.0. The van der Waals surface area contributed by atoms with Crippen molar-refractivity contribution in [1.82, 2.24) is 115 Å². The zero-order valence-electron chi connectivity index (χ0n) is 64.5. The predicted octanol–water partition coefficient (Wildman–Crippen LogP) is 15.4. The molecule has 16 N–H and O–H groups in total. The summed E-state index contributed by atoms with van der Waals surface area (Å²) in [5.41, 5.74) is 37.6. The predicted molar refractivity (Wildman–Crippen MR) is 483 cm³/mol. The quantitative estimate of drug-likeness (QED) is 0.0606. The third kappa shape index (κ3) is 17.3. The molecule has 124 heavy (non-hydrogen) atoms. The topological polar surface area (TPSA) is 556 Å². The summed E-state index contributed by atoms with van der Waals surface area (Å²) >= 11 is 36.0. The molecule has 0 unspecified atom stereocenters. The van der Waals surface area contributed by atoms with Gasteiger partial charge in [0.25, 0.3) is 33.7 Å². The molecule has 0 aliphatic rings. The van der Waals surface area contributed by atoms with Gasteiger partial charge in [-0.2, -0.15) is 5.10 Å². The van der Waals surface area contributed by atoms with E-state index in [0.29, 0.717) is 148 Å². The summed E-state index contributed by atoms with van der Waals surface area (Å²) in [6.07, 6.45) is 13.4. The summed E-state index contributed by atoms with van der Waals surface area (Å²) in [5.74, 6) is 0.748. The fourth-order valence-corrected chi connectivity index (χ4v) is 16.3. The zero-order valence-corrected chi connectivity index (χ0v) is 70.7. The number of hydrogen-bond acceptors (Lipinski definition) is 32. The number of rotatable bonds is 10. The zero-order chi connectivity index (χ0) is 87.1. The maximum atomic E-state index is 12.0. The standard InChI is InChI=1S/C17H12ClN5O2.C17H12ClN5OS.C16H11ClN6O2.C16H11ClN6OS.C15H11ClN6OS/c2*1-8-21-7-12(25-8)15-14(23-17(24)16(19)22-15)10-5-9-3-2-4-20-13(9)11(18)6-10;2*1-7-22-23-16(25-7)13-12(21-15(24)14(18)20-13)9-5-8-3-2-4-19-11(8)10(17)6-9;1-6-4-18-15(24-6)12-11(21-14(23)13(17)20-12)7-2-8-5-19-22-10(8)9(16)3-7/h2*2-7H,1H3,(H2,19,22)(H,23,24);2*2-6H,1H3,(H2,18,20)(H,21,24);2-5H,1H3,(H2,17,20)(H,19,22)(H,21,23). The molecule has 43 heteroatoms. The van der Waals surface area contributed by atoms with Crippen LogP contribution in [-0.4, -0.2) is 115 Å². The first-order chi connectivity index (χ1) is 59.6. The highest BCUT2D eigenvalue weighted by atomic mass is 35.5. The number of hydrogen-bond donors (Lipinski definition) is 11. The minimum absolute atomic E-state index is 0.0849. The highest BCUT2D eigenvalue weighted by Crippen LogP contribution is 2.41. The largest absolute Gasteiger partial charge is 0.439 e. The van der Waals surface area contributed by atoms with Gasteiger partial charge in [-0.3, -0.25) is 49.0 Å². The number of nitrogen functional groups attached to an aromatic ring is 5. The van der Waals surface area contributed by atoms with Crippen molar-refractivity contribution < 1.29 is 8.83 Å². The molecule has 0 aliphatic carbocycles. The second-order valence-corrected chi connectivity index (χ2v) is 32.5. The number of nitrogens with zero attached hydrogens (tertiary/aromatic N) is 17. The van der Waals surface area contributed by atoms with Gasteiger partial charge in [0, 0.05) is 111 Å². The molecule has 15 heterocycles. The Bertz CT molecular complexity index is 7200. The Kier molecular flexibility index (Phi) is 23.2. The molecule has 0 aliphatic heterocycles. The van der Waals surface area contributed by atoms with Crippen molar-refractivity contribution in [3.8, 4) is 111 Å². The molecule has 20 rings (SSSR count). The van der Waals surface area contributed by atoms with Crippen molar-refractivity contribution >= 4 is 176 Å². The summed E-state index contributed by atoms with van der Waals surface area (Å²) in [6, 6.07) is 32.9. The minimum Gasteiger partial charge on any atom is -0.439 e. The van der Waals surface area contributed by atoms with Gasteiger partial charge in [0.1, 0.15) is 32.8 Å². The lowest BCUT2D eigenvalue weighted by molar-refractivity contribution is 0.531. The molecular formula is C81H57Cl5N28O7S3. The molecular weight excluding hydrogens is 1750 g/mol. The molecule has 0 bridgehead atoms. The van der Waals surface area contributed by atoms with E-state index in [0.717, 1.165) is 57.8 Å². The smallest absolute Gasteiger partial charge is 0.290 e. The van der Waals surface area contributed by atoms with E-state index >= 15 is 0 Å². The van der Waals surface area contributed by atoms with E-state index in [-0.39, 0.29) is 40.7 Å². The van der Waals surface area contributed by atoms with Gasteiger partial charge < -0.3 is 62.4 Å². The molecule has 0 saturated heterocycles. The van der Waals surface area contributed by atoms with Gasteiger partial charge in [-0.25, -0.2) is 39.9 Å². The van der Waals surface area contributed by atoms with Crippen LogP contribution in [0.5, 0.6) is 0 Å². The van der Waals surface area contributed by atoms with Gasteiger partial charge in [-0.15, -0.1) is 43.1 Å². The minimum atomic E-state index is -0.516. The fourth-order valence-electron chi connectivity index (χ4n) is 12.7. The molecule has 35 nitrogen and oxygen atoms in total. The Morgan fingerprint density at radius 1 is 0.347 bits per heavy atom. The van der Waals surface area contributed by atoms with Crippen molar-refractivity contribution in [3.05, 3.63) is 262 Å². The molecule has 0 atom stereocenters. The van der Waals surface area contributed by atoms with Crippen LogP contribution in [0.3, 0.4) is 0 Å². The monoisotopic (exact) mass is 1800 g/mol. The number of halogens is 5. The number of anilines is 5. The van der Waals surface area contributed by atoms with Gasteiger partial charge >= 0.3 is 0 Å². The molecule has 5 aromatic carbocycles. The molecule has 20 aromatic rings. The van der Waals surface area contributed by atoms with Crippen molar-refractivity contribution in [2.75, 3.05) is 28.7 Å². The Hall–Kier alpha value is -14.8. The number of oxazole rings is 1. The molecule has 0 fully saturated rings. The normalized spacial score (nSPS) is 11.1. The van der Waals surface area contributed by atoms with E-state index < -0.39 is 27.8 Å². The summed E-state index contributed by atoms with van der Waals surface area (Å²) < 4.78 is 11.0. The van der Waals surface area contributed by atoms with E-state index in [1.807, 2.05) is 93.6 Å². The Labute approximate surface area is 731 Å². The van der Waals surface area contributed by atoms with Crippen LogP contribution in [0, 0.1) is 34.6 Å². The van der Waals surface area contributed by atoms with E-state index in [4.69, 9.17) is 95.5 Å². The molecule has 616 valence electrons. The summed E-state index contributed by atoms with van der Waals surface area (Å²) in [4.78, 5) is 127. The second-order valence-electron chi connectivity index (χ2n) is 26.8. The summed E-state index contributed by atoms with van der Waals surface area (Å²) in [7, 11) is 0. The van der Waals surface area contributed by atoms with E-state index in [2.05, 4.69) is 115 Å². The van der Waals surface area contributed by atoms with Gasteiger partial charge in [0.05, 0.1) is 103 Å². The number of aryl methyl sites for hydroxylation is 5. The van der Waals surface area contributed by atoms with Crippen molar-refractivity contribution in [2.24, 2.45) is 0 Å². The summed E-state index contributed by atoms with van der Waals surface area (Å²) in [6.45, 7) is 9.07. The number of benzene rings is 5. The van der Waals surface area contributed by atoms with Crippen LogP contribution in [0.1, 0.15) is 26.7 Å². The van der Waals surface area contributed by atoms with Crippen molar-refractivity contribution in [2.45, 2.75) is 34.6 Å². The van der Waals surface area contributed by atoms with Crippen LogP contribution in [0.4, 0.5) is 29.1 Å². The number of pyridine rings is 4. The molecule has 0 spiro atoms. The van der Waals surface area contributed by atoms with Crippen LogP contribution >= 0.6 is 92.0 Å². The molecule has 15 aromatic heterocycles. The average Bonchev–Trinajstić information content (AvgIpc) is 1.29. The number of H-pyrrole nitrogens is 6. The van der Waals surface area contributed by atoms with Gasteiger partial charge in [-0.1, -0.05) is 93.6 Å². The van der Waals surface area contributed by atoms with Gasteiger partial charge in [0.2, 0.25) is 5.89 Å². The first-order valence-corrected chi connectivity index (χ1v) is 40.7. The van der Waals surface area contributed by atoms with Crippen LogP contribution in [0.2, 0.25) is 25.1 Å². The summed E-state index contributed by atoms with van der Waals surface area (Å²) in [5, 5.41) is 32.2. The Morgan fingerprint density at radius 3 is 1.15 bits per heavy atom. The molecule has 0 radical (unpaired) electrons. The van der Waals surface area contributed by atoms with E-state index in [9.17, 15) is 24.0 Å². The highest BCUT2D eigenvalue weighted by Gasteiger charge is 2.25. The van der Waals surface area contributed by atoms with Crippen molar-refractivity contribution in [3.63, 3.8) is 0 Å². The van der Waals surface area contributed by atoms with Crippen LogP contribution in [0.15, 0.2) is 192 Å². The Morgan fingerprint density at radius 2 is 0.750 bits per heavy atom. The Balaban J connectivity index is 0.000000115. The number of fused-ring (bicyclic) bond motifs is 5. The third-order valence-corrected chi connectivity index (χ3v) is 22.4. The van der Waals surface area contributed by atoms with E-state index in [1.54, 1.807) is 93.6 Å². The average molecular weight is 1810 g/mol. The number of nitrogens with two attached hydrogens (primary N) is 5. The second kappa shape index (κ2) is 34.8. The lowest BCUT2D eigenvalue weighted by Gasteiger charge is -2.10. The highest BCUT2D eigenvalue weighted by molar-refractivity contribution is 7.15. The van der Waals surface area contributed by atoms with Gasteiger partial charge in [-0.05, 0) is 106 Å². The maximum Gasteiger partial charge on any atom is 0.290 e. The van der Waals surface area contributed by atoms with Crippen LogP contribution in [0.25, 0.3) is 166 Å².